The Morgan fingerprint density at radius 2 is 1.59 bits per heavy atom. The van der Waals surface area contributed by atoms with E-state index in [1.807, 2.05) is 11.4 Å². The molecule has 0 aliphatic carbocycles. The molecule has 0 bridgehead atoms. The lowest BCUT2D eigenvalue weighted by molar-refractivity contribution is 0.0969. The van der Waals surface area contributed by atoms with Crippen molar-refractivity contribution in [2.45, 2.75) is 0 Å². The first-order valence-corrected chi connectivity index (χ1v) is 10.5. The molecule has 0 saturated carbocycles. The molecule has 7 nitrogen and oxygen atoms in total. The number of rotatable bonds is 7. The average Bonchev–Trinajstić information content (AvgIpc) is 3.50. The molecule has 4 rings (SSSR count). The normalized spacial score (nSPS) is 10.8. The van der Waals surface area contributed by atoms with Crippen molar-refractivity contribution in [2.75, 3.05) is 28.4 Å². The smallest absolute Gasteiger partial charge is 0.272 e. The van der Waals surface area contributed by atoms with Crippen LogP contribution in [0.4, 0.5) is 0 Å². The van der Waals surface area contributed by atoms with Crippen LogP contribution in [0.1, 0.15) is 25.6 Å². The third kappa shape index (κ3) is 3.58. The van der Waals surface area contributed by atoms with Gasteiger partial charge in [-0.25, -0.2) is 0 Å². The Morgan fingerprint density at radius 1 is 0.875 bits per heavy atom. The Kier molecular flexibility index (Phi) is 5.87. The molecule has 32 heavy (non-hydrogen) atoms. The molecular formula is C24H21NO6S. The molecule has 0 spiro atoms. The molecule has 2 heterocycles. The monoisotopic (exact) mass is 451 g/mol. The Morgan fingerprint density at radius 3 is 2.16 bits per heavy atom. The number of hydrogen-bond donors (Lipinski definition) is 0. The van der Waals surface area contributed by atoms with Crippen molar-refractivity contribution in [1.82, 2.24) is 4.57 Å². The highest BCUT2D eigenvalue weighted by molar-refractivity contribution is 7.12. The van der Waals surface area contributed by atoms with E-state index in [-0.39, 0.29) is 11.7 Å². The second-order valence-corrected chi connectivity index (χ2v) is 7.77. The van der Waals surface area contributed by atoms with Crippen LogP contribution in [0.2, 0.25) is 0 Å². The lowest BCUT2D eigenvalue weighted by atomic mass is 10.0. The standard InChI is InChI=1S/C24H21NO6S/c1-28-15-7-8-16-17(13-25(18(16)12-15)24(27)21-6-5-9-32-21)22(26)14-10-19(29-2)23(31-4)20(11-14)30-3/h5-13H,1-4H3. The molecule has 2 aromatic carbocycles. The van der Waals surface area contributed by atoms with Crippen molar-refractivity contribution in [3.63, 3.8) is 0 Å². The molecule has 164 valence electrons. The molecule has 0 saturated heterocycles. The van der Waals surface area contributed by atoms with Crippen molar-refractivity contribution in [2.24, 2.45) is 0 Å². The third-order valence-electron chi connectivity index (χ3n) is 5.14. The van der Waals surface area contributed by atoms with Crippen molar-refractivity contribution in [1.29, 1.82) is 0 Å². The van der Waals surface area contributed by atoms with Crippen LogP contribution in [-0.4, -0.2) is 44.7 Å². The third-order valence-corrected chi connectivity index (χ3v) is 5.99. The van der Waals surface area contributed by atoms with Gasteiger partial charge in [-0.15, -0.1) is 11.3 Å². The number of fused-ring (bicyclic) bond motifs is 1. The minimum atomic E-state index is -0.280. The quantitative estimate of drug-likeness (QED) is 0.381. The van der Waals surface area contributed by atoms with Gasteiger partial charge in [-0.2, -0.15) is 0 Å². The van der Waals surface area contributed by atoms with E-state index in [0.717, 1.165) is 0 Å². The van der Waals surface area contributed by atoms with Crippen LogP contribution < -0.4 is 18.9 Å². The molecule has 8 heteroatoms. The van der Waals surface area contributed by atoms with Gasteiger partial charge < -0.3 is 18.9 Å². The van der Waals surface area contributed by atoms with Gasteiger partial charge in [0.2, 0.25) is 5.75 Å². The highest BCUT2D eigenvalue weighted by Crippen LogP contribution is 2.39. The Bertz CT molecular complexity index is 1280. The maximum atomic E-state index is 13.6. The van der Waals surface area contributed by atoms with Gasteiger partial charge in [-0.1, -0.05) is 6.07 Å². The molecular weight excluding hydrogens is 430 g/mol. The van der Waals surface area contributed by atoms with E-state index >= 15 is 0 Å². The molecule has 0 radical (unpaired) electrons. The Labute approximate surface area is 188 Å². The number of carbonyl (C=O) groups is 2. The van der Waals surface area contributed by atoms with E-state index < -0.39 is 0 Å². The van der Waals surface area contributed by atoms with Crippen LogP contribution in [0.5, 0.6) is 23.0 Å². The van der Waals surface area contributed by atoms with Crippen LogP contribution in [0.15, 0.2) is 54.0 Å². The van der Waals surface area contributed by atoms with E-state index in [0.29, 0.717) is 49.9 Å². The predicted molar refractivity (Wildman–Crippen MR) is 122 cm³/mol. The van der Waals surface area contributed by atoms with E-state index in [1.165, 1.54) is 37.2 Å². The summed E-state index contributed by atoms with van der Waals surface area (Å²) in [4.78, 5) is 27.3. The summed E-state index contributed by atoms with van der Waals surface area (Å²) >= 11 is 1.34. The lowest BCUT2D eigenvalue weighted by Crippen LogP contribution is -2.09. The van der Waals surface area contributed by atoms with E-state index in [1.54, 1.807) is 49.7 Å². The summed E-state index contributed by atoms with van der Waals surface area (Å²) < 4.78 is 22.9. The summed E-state index contributed by atoms with van der Waals surface area (Å²) in [6.45, 7) is 0. The zero-order valence-corrected chi connectivity index (χ0v) is 18.8. The number of methoxy groups -OCH3 is 4. The topological polar surface area (TPSA) is 76.0 Å². The summed E-state index contributed by atoms with van der Waals surface area (Å²) in [5.74, 6) is 1.22. The molecule has 0 aliphatic heterocycles. The van der Waals surface area contributed by atoms with Crippen LogP contribution in [0, 0.1) is 0 Å². The number of ketones is 1. The van der Waals surface area contributed by atoms with Crippen molar-refractivity contribution < 1.29 is 28.5 Å². The molecule has 4 aromatic rings. The van der Waals surface area contributed by atoms with Gasteiger partial charge in [-0.3, -0.25) is 14.2 Å². The van der Waals surface area contributed by atoms with E-state index in [9.17, 15) is 9.59 Å². The Hall–Kier alpha value is -3.78. The lowest BCUT2D eigenvalue weighted by Gasteiger charge is -2.13. The van der Waals surface area contributed by atoms with Gasteiger partial charge in [0.15, 0.2) is 17.3 Å². The minimum Gasteiger partial charge on any atom is -0.497 e. The molecule has 0 amide bonds. The predicted octanol–water partition coefficient (Wildman–Crippen LogP) is 4.66. The van der Waals surface area contributed by atoms with Gasteiger partial charge in [0.05, 0.1) is 38.8 Å². The van der Waals surface area contributed by atoms with Crippen molar-refractivity contribution in [3.05, 3.63) is 70.0 Å². The average molecular weight is 452 g/mol. The first-order chi connectivity index (χ1) is 15.5. The SMILES string of the molecule is COc1ccc2c(C(=O)c3cc(OC)c(OC)c(OC)c3)cn(C(=O)c3cccs3)c2c1. The Balaban J connectivity index is 1.90. The summed E-state index contributed by atoms with van der Waals surface area (Å²) in [6, 6.07) is 12.0. The molecule has 0 N–H and O–H groups in total. The first-order valence-electron chi connectivity index (χ1n) is 9.64. The first kappa shape index (κ1) is 21.5. The van der Waals surface area contributed by atoms with Crippen LogP contribution in [0.3, 0.4) is 0 Å². The zero-order chi connectivity index (χ0) is 22.8. The molecule has 0 fully saturated rings. The van der Waals surface area contributed by atoms with Gasteiger partial charge in [0.1, 0.15) is 5.75 Å². The van der Waals surface area contributed by atoms with Gasteiger partial charge >= 0.3 is 0 Å². The fourth-order valence-corrected chi connectivity index (χ4v) is 4.23. The molecule has 0 unspecified atom stereocenters. The highest BCUT2D eigenvalue weighted by atomic mass is 32.1. The highest BCUT2D eigenvalue weighted by Gasteiger charge is 2.24. The number of benzene rings is 2. The minimum absolute atomic E-state index is 0.220. The van der Waals surface area contributed by atoms with Crippen molar-refractivity contribution >= 4 is 33.9 Å². The number of ether oxygens (including phenoxy) is 4. The summed E-state index contributed by atoms with van der Waals surface area (Å²) in [5, 5.41) is 2.47. The fraction of sp³-hybridized carbons (Fsp3) is 0.167. The molecule has 0 aliphatic rings. The summed E-state index contributed by atoms with van der Waals surface area (Å²) in [7, 11) is 6.03. The second-order valence-electron chi connectivity index (χ2n) is 6.82. The van der Waals surface area contributed by atoms with Gasteiger partial charge in [0, 0.05) is 28.8 Å². The number of hydrogen-bond acceptors (Lipinski definition) is 7. The number of aromatic nitrogens is 1. The maximum Gasteiger partial charge on any atom is 0.272 e. The largest absolute Gasteiger partial charge is 0.497 e. The maximum absolute atomic E-state index is 13.6. The number of carbonyl (C=O) groups excluding carboxylic acids is 2. The van der Waals surface area contributed by atoms with Crippen molar-refractivity contribution in [3.8, 4) is 23.0 Å². The summed E-state index contributed by atoms with van der Waals surface area (Å²) in [6.07, 6.45) is 1.57. The summed E-state index contributed by atoms with van der Waals surface area (Å²) in [5.41, 5.74) is 1.30. The number of thiophene rings is 1. The van der Waals surface area contributed by atoms with Gasteiger partial charge in [-0.05, 0) is 35.7 Å². The van der Waals surface area contributed by atoms with Gasteiger partial charge in [0.25, 0.3) is 5.91 Å². The fourth-order valence-electron chi connectivity index (χ4n) is 3.57. The second kappa shape index (κ2) is 8.76. The number of nitrogens with zero attached hydrogens (tertiary/aromatic N) is 1. The van der Waals surface area contributed by atoms with Crippen LogP contribution in [-0.2, 0) is 0 Å². The zero-order valence-electron chi connectivity index (χ0n) is 18.0. The van der Waals surface area contributed by atoms with E-state index in [4.69, 9.17) is 18.9 Å². The van der Waals surface area contributed by atoms with Crippen LogP contribution >= 0.6 is 11.3 Å². The van der Waals surface area contributed by atoms with Crippen LogP contribution in [0.25, 0.3) is 10.9 Å². The van der Waals surface area contributed by atoms with E-state index in [2.05, 4.69) is 0 Å². The molecule has 0 atom stereocenters. The molecule has 2 aromatic heterocycles.